The Morgan fingerprint density at radius 1 is 1.10 bits per heavy atom. The summed E-state index contributed by atoms with van der Waals surface area (Å²) in [4.78, 5) is 18.3. The molecule has 0 bridgehead atoms. The first-order chi connectivity index (χ1) is 13.8. The van der Waals surface area contributed by atoms with Gasteiger partial charge in [0.1, 0.15) is 0 Å². The second-order valence-electron chi connectivity index (χ2n) is 7.27. The van der Waals surface area contributed by atoms with Crippen molar-refractivity contribution in [1.82, 2.24) is 9.88 Å². The number of aryl methyl sites for hydroxylation is 3. The predicted molar refractivity (Wildman–Crippen MR) is 107 cm³/mol. The molecule has 0 fully saturated rings. The summed E-state index contributed by atoms with van der Waals surface area (Å²) in [5, 5.41) is 0. The molecule has 0 radical (unpaired) electrons. The van der Waals surface area contributed by atoms with Crippen molar-refractivity contribution < 1.29 is 18.0 Å². The highest BCUT2D eigenvalue weighted by Crippen LogP contribution is 2.24. The molecule has 152 valence electrons. The number of hydrogen-bond acceptors (Lipinski definition) is 3. The van der Waals surface area contributed by atoms with Gasteiger partial charge in [-0.15, -0.1) is 0 Å². The number of halogens is 2. The molecule has 0 aliphatic carbocycles. The monoisotopic (exact) mass is 398 g/mol. The molecule has 1 heterocycles. The van der Waals surface area contributed by atoms with Crippen LogP contribution in [-0.4, -0.2) is 22.8 Å². The Morgan fingerprint density at radius 2 is 1.86 bits per heavy atom. The Bertz CT molecular complexity index is 1030. The number of oxazole rings is 1. The third-order valence-corrected chi connectivity index (χ3v) is 5.30. The van der Waals surface area contributed by atoms with Crippen LogP contribution in [0.25, 0.3) is 11.3 Å². The van der Waals surface area contributed by atoms with Gasteiger partial charge in [0, 0.05) is 25.5 Å². The van der Waals surface area contributed by atoms with Crippen LogP contribution >= 0.6 is 0 Å². The van der Waals surface area contributed by atoms with Crippen molar-refractivity contribution in [1.29, 1.82) is 0 Å². The van der Waals surface area contributed by atoms with E-state index < -0.39 is 11.6 Å². The molecule has 0 saturated heterocycles. The summed E-state index contributed by atoms with van der Waals surface area (Å²) in [7, 11) is 1.64. The van der Waals surface area contributed by atoms with Gasteiger partial charge in [-0.2, -0.15) is 0 Å². The summed E-state index contributed by atoms with van der Waals surface area (Å²) in [6, 6.07) is 9.35. The normalized spacial score (nSPS) is 12.1. The number of carbonyl (C=O) groups excluding carboxylic acids is 1. The van der Waals surface area contributed by atoms with E-state index in [0.29, 0.717) is 23.6 Å². The first-order valence-corrected chi connectivity index (χ1v) is 9.49. The Kier molecular flexibility index (Phi) is 6.11. The molecule has 0 saturated carbocycles. The van der Waals surface area contributed by atoms with Gasteiger partial charge in [0.25, 0.3) is 0 Å². The maximum Gasteiger partial charge on any atom is 0.223 e. The van der Waals surface area contributed by atoms with Crippen LogP contribution in [0.3, 0.4) is 0 Å². The zero-order valence-corrected chi connectivity index (χ0v) is 17.0. The van der Waals surface area contributed by atoms with Crippen molar-refractivity contribution in [2.75, 3.05) is 7.05 Å². The van der Waals surface area contributed by atoms with E-state index in [1.54, 1.807) is 20.2 Å². The van der Waals surface area contributed by atoms with Crippen LogP contribution in [0.2, 0.25) is 0 Å². The van der Waals surface area contributed by atoms with E-state index in [4.69, 9.17) is 4.42 Å². The molecule has 2 aromatic carbocycles. The van der Waals surface area contributed by atoms with Gasteiger partial charge in [0.15, 0.2) is 23.3 Å². The number of hydrogen-bond donors (Lipinski definition) is 0. The minimum atomic E-state index is -0.922. The molecule has 3 rings (SSSR count). The van der Waals surface area contributed by atoms with Crippen molar-refractivity contribution in [3.63, 3.8) is 0 Å². The largest absolute Gasteiger partial charge is 0.441 e. The summed E-state index contributed by atoms with van der Waals surface area (Å²) in [6.45, 7) is 5.86. The highest BCUT2D eigenvalue weighted by Gasteiger charge is 2.19. The third-order valence-electron chi connectivity index (χ3n) is 5.30. The van der Waals surface area contributed by atoms with E-state index >= 15 is 0 Å². The SMILES string of the molecule is Cc1ccc(-c2cnc(CCC(=O)N(C)[C@@H](C)c3ccc(F)c(F)c3)o2)cc1C. The van der Waals surface area contributed by atoms with Gasteiger partial charge in [0.2, 0.25) is 5.91 Å². The van der Waals surface area contributed by atoms with Gasteiger partial charge in [-0.3, -0.25) is 4.79 Å². The highest BCUT2D eigenvalue weighted by atomic mass is 19.2. The van der Waals surface area contributed by atoms with E-state index in [0.717, 1.165) is 17.7 Å². The first kappa shape index (κ1) is 20.7. The van der Waals surface area contributed by atoms with Gasteiger partial charge in [-0.05, 0) is 55.7 Å². The standard InChI is InChI=1S/C23H24F2N2O2/c1-14-5-6-18(11-15(14)2)21-13-26-22(29-21)9-10-23(28)27(4)16(3)17-7-8-19(24)20(25)12-17/h5-8,11-13,16H,9-10H2,1-4H3/t16-/m0/s1. The Balaban J connectivity index is 1.62. The van der Waals surface area contributed by atoms with Crippen molar-refractivity contribution in [3.05, 3.63) is 76.8 Å². The van der Waals surface area contributed by atoms with Gasteiger partial charge >= 0.3 is 0 Å². The fourth-order valence-electron chi connectivity index (χ4n) is 3.06. The predicted octanol–water partition coefficient (Wildman–Crippen LogP) is 5.39. The van der Waals surface area contributed by atoms with E-state index in [9.17, 15) is 13.6 Å². The Labute approximate surface area is 169 Å². The first-order valence-electron chi connectivity index (χ1n) is 9.49. The smallest absolute Gasteiger partial charge is 0.223 e. The van der Waals surface area contributed by atoms with Crippen molar-refractivity contribution in [2.24, 2.45) is 0 Å². The van der Waals surface area contributed by atoms with Crippen LogP contribution in [0, 0.1) is 25.5 Å². The molecule has 1 aromatic heterocycles. The molecule has 0 aliphatic rings. The van der Waals surface area contributed by atoms with Crippen LogP contribution in [0.1, 0.15) is 42.0 Å². The van der Waals surface area contributed by atoms with Crippen LogP contribution in [0.15, 0.2) is 47.0 Å². The van der Waals surface area contributed by atoms with E-state index in [1.807, 2.05) is 32.0 Å². The lowest BCUT2D eigenvalue weighted by atomic mass is 10.1. The average Bonchev–Trinajstić information content (AvgIpc) is 3.18. The fourth-order valence-corrected chi connectivity index (χ4v) is 3.06. The highest BCUT2D eigenvalue weighted by molar-refractivity contribution is 5.76. The van der Waals surface area contributed by atoms with Gasteiger partial charge in [-0.1, -0.05) is 18.2 Å². The molecular formula is C23H24F2N2O2. The third kappa shape index (κ3) is 4.70. The molecular weight excluding hydrogens is 374 g/mol. The Morgan fingerprint density at radius 3 is 2.55 bits per heavy atom. The van der Waals surface area contributed by atoms with Crippen LogP contribution in [0.4, 0.5) is 8.78 Å². The van der Waals surface area contributed by atoms with Gasteiger partial charge in [0.05, 0.1) is 12.2 Å². The summed E-state index contributed by atoms with van der Waals surface area (Å²) in [5.74, 6) is -0.806. The lowest BCUT2D eigenvalue weighted by molar-refractivity contribution is -0.131. The Hall–Kier alpha value is -3.02. The zero-order valence-electron chi connectivity index (χ0n) is 17.0. The average molecular weight is 398 g/mol. The summed E-state index contributed by atoms with van der Waals surface area (Å²) < 4.78 is 32.4. The second-order valence-corrected chi connectivity index (χ2v) is 7.27. The zero-order chi connectivity index (χ0) is 21.1. The minimum Gasteiger partial charge on any atom is -0.441 e. The summed E-state index contributed by atoms with van der Waals surface area (Å²) >= 11 is 0. The number of amides is 1. The lowest BCUT2D eigenvalue weighted by Crippen LogP contribution is -2.30. The topological polar surface area (TPSA) is 46.3 Å². The second kappa shape index (κ2) is 8.55. The number of benzene rings is 2. The van der Waals surface area contributed by atoms with Crippen molar-refractivity contribution in [3.8, 4) is 11.3 Å². The molecule has 1 amide bonds. The molecule has 6 heteroatoms. The molecule has 3 aromatic rings. The maximum atomic E-state index is 13.5. The quantitative estimate of drug-likeness (QED) is 0.559. The molecule has 1 atom stereocenters. The molecule has 29 heavy (non-hydrogen) atoms. The molecule has 0 unspecified atom stereocenters. The maximum absolute atomic E-state index is 13.5. The van der Waals surface area contributed by atoms with Gasteiger partial charge in [-0.25, -0.2) is 13.8 Å². The summed E-state index contributed by atoms with van der Waals surface area (Å²) in [6.07, 6.45) is 2.23. The lowest BCUT2D eigenvalue weighted by Gasteiger charge is -2.25. The molecule has 0 spiro atoms. The van der Waals surface area contributed by atoms with Crippen molar-refractivity contribution >= 4 is 5.91 Å². The molecule has 4 nitrogen and oxygen atoms in total. The number of carbonyl (C=O) groups is 1. The number of rotatable bonds is 6. The van der Waals surface area contributed by atoms with E-state index in [1.165, 1.54) is 22.1 Å². The molecule has 0 N–H and O–H groups in total. The van der Waals surface area contributed by atoms with Crippen LogP contribution in [0.5, 0.6) is 0 Å². The fraction of sp³-hybridized carbons (Fsp3) is 0.304. The molecule has 0 aliphatic heterocycles. The van der Waals surface area contributed by atoms with Crippen LogP contribution in [-0.2, 0) is 11.2 Å². The summed E-state index contributed by atoms with van der Waals surface area (Å²) in [5.41, 5.74) is 3.86. The van der Waals surface area contributed by atoms with Crippen molar-refractivity contribution in [2.45, 2.75) is 39.7 Å². The van der Waals surface area contributed by atoms with E-state index in [-0.39, 0.29) is 18.4 Å². The minimum absolute atomic E-state index is 0.131. The number of nitrogens with zero attached hydrogens (tertiary/aromatic N) is 2. The van der Waals surface area contributed by atoms with Gasteiger partial charge < -0.3 is 9.32 Å². The van der Waals surface area contributed by atoms with E-state index in [2.05, 4.69) is 4.98 Å². The van der Waals surface area contributed by atoms with Crippen LogP contribution < -0.4 is 0 Å². The number of aromatic nitrogens is 1.